The van der Waals surface area contributed by atoms with E-state index in [1.165, 1.54) is 6.33 Å². The van der Waals surface area contributed by atoms with E-state index >= 15 is 0 Å². The molecule has 0 aromatic carbocycles. The van der Waals surface area contributed by atoms with Crippen molar-refractivity contribution in [2.24, 2.45) is 17.2 Å². The summed E-state index contributed by atoms with van der Waals surface area (Å²) in [5.41, 5.74) is 16.9. The van der Waals surface area contributed by atoms with Gasteiger partial charge in [-0.3, -0.25) is 14.4 Å². The highest BCUT2D eigenvalue weighted by Crippen LogP contribution is 2.02. The van der Waals surface area contributed by atoms with Crippen LogP contribution in [0.2, 0.25) is 0 Å². The smallest absolute Gasteiger partial charge is 0.243 e. The Morgan fingerprint density at radius 2 is 1.96 bits per heavy atom. The fourth-order valence-corrected chi connectivity index (χ4v) is 2.04. The van der Waals surface area contributed by atoms with Crippen molar-refractivity contribution in [2.75, 3.05) is 13.1 Å². The minimum absolute atomic E-state index is 0. The van der Waals surface area contributed by atoms with E-state index in [9.17, 15) is 14.4 Å². The zero-order chi connectivity index (χ0) is 17.9. The number of amides is 3. The number of H-pyrrole nitrogens is 1. The van der Waals surface area contributed by atoms with Gasteiger partial charge in [-0.2, -0.15) is 0 Å². The summed E-state index contributed by atoms with van der Waals surface area (Å²) in [5.74, 6) is -1.63. The zero-order valence-corrected chi connectivity index (χ0v) is 14.7. The number of unbranched alkanes of at least 4 members (excludes halogenated alkanes) is 1. The van der Waals surface area contributed by atoms with Crippen molar-refractivity contribution in [1.82, 2.24) is 20.6 Å². The Bertz CT molecular complexity index is 539. The van der Waals surface area contributed by atoms with E-state index in [0.717, 1.165) is 12.8 Å². The molecule has 2 unspecified atom stereocenters. The fourth-order valence-electron chi connectivity index (χ4n) is 2.04. The molecule has 1 heterocycles. The van der Waals surface area contributed by atoms with Gasteiger partial charge in [-0.05, 0) is 19.4 Å². The highest BCUT2D eigenvalue weighted by Gasteiger charge is 2.24. The number of aromatic amines is 1. The summed E-state index contributed by atoms with van der Waals surface area (Å²) in [6, 6.07) is -1.62. The predicted molar refractivity (Wildman–Crippen MR) is 94.6 cm³/mol. The third-order valence-corrected chi connectivity index (χ3v) is 3.35. The third kappa shape index (κ3) is 9.03. The standard InChI is InChI=1S/C14H25N7O3.ClH/c15-4-2-1-3-10(16)13(23)21-11(5-9-6-18-8-20-9)14(24)19-7-12(17)22;/h6,8,10-11H,1-5,7,15-16H2,(H2,17,22)(H,18,20)(H,19,24)(H,21,23);1H. The van der Waals surface area contributed by atoms with E-state index in [-0.39, 0.29) is 25.4 Å². The quantitative estimate of drug-likeness (QED) is 0.241. The van der Waals surface area contributed by atoms with Crippen LogP contribution in [-0.4, -0.2) is 52.9 Å². The Morgan fingerprint density at radius 3 is 2.52 bits per heavy atom. The van der Waals surface area contributed by atoms with E-state index in [0.29, 0.717) is 18.7 Å². The average molecular weight is 376 g/mol. The van der Waals surface area contributed by atoms with Gasteiger partial charge < -0.3 is 32.8 Å². The fraction of sp³-hybridized carbons (Fsp3) is 0.571. The van der Waals surface area contributed by atoms with Gasteiger partial charge >= 0.3 is 0 Å². The first-order chi connectivity index (χ1) is 11.4. The summed E-state index contributed by atoms with van der Waals surface area (Å²) in [6.07, 6.45) is 5.17. The van der Waals surface area contributed by atoms with Gasteiger partial charge in [0.25, 0.3) is 0 Å². The number of halogens is 1. The number of nitrogens with one attached hydrogen (secondary N) is 3. The lowest BCUT2D eigenvalue weighted by atomic mass is 10.1. The number of primary amides is 1. The van der Waals surface area contributed by atoms with Gasteiger partial charge in [-0.1, -0.05) is 6.42 Å². The molecule has 25 heavy (non-hydrogen) atoms. The number of nitrogens with zero attached hydrogens (tertiary/aromatic N) is 1. The van der Waals surface area contributed by atoms with Crippen LogP contribution < -0.4 is 27.8 Å². The van der Waals surface area contributed by atoms with Crippen LogP contribution in [0.15, 0.2) is 12.5 Å². The molecule has 0 aliphatic rings. The minimum Gasteiger partial charge on any atom is -0.368 e. The molecule has 0 radical (unpaired) electrons. The number of imidazole rings is 1. The van der Waals surface area contributed by atoms with E-state index in [1.807, 2.05) is 0 Å². The largest absolute Gasteiger partial charge is 0.368 e. The molecule has 0 saturated carbocycles. The molecule has 0 fully saturated rings. The molecule has 1 aromatic heterocycles. The topological polar surface area (TPSA) is 182 Å². The van der Waals surface area contributed by atoms with Gasteiger partial charge in [-0.25, -0.2) is 4.98 Å². The third-order valence-electron chi connectivity index (χ3n) is 3.35. The number of nitrogens with two attached hydrogens (primary N) is 3. The van der Waals surface area contributed by atoms with Crippen molar-refractivity contribution >= 4 is 30.1 Å². The number of hydrogen-bond donors (Lipinski definition) is 6. The number of carbonyl (C=O) groups is 3. The normalized spacial score (nSPS) is 12.6. The van der Waals surface area contributed by atoms with Crippen LogP contribution in [0.5, 0.6) is 0 Å². The minimum atomic E-state index is -0.891. The Morgan fingerprint density at radius 1 is 1.24 bits per heavy atom. The van der Waals surface area contributed by atoms with E-state index in [1.54, 1.807) is 6.20 Å². The summed E-state index contributed by atoms with van der Waals surface area (Å²) in [4.78, 5) is 41.8. The first-order valence-electron chi connectivity index (χ1n) is 7.73. The summed E-state index contributed by atoms with van der Waals surface area (Å²) < 4.78 is 0. The lowest BCUT2D eigenvalue weighted by Crippen LogP contribution is -2.53. The maximum atomic E-state index is 12.2. The van der Waals surface area contributed by atoms with Crippen LogP contribution in [0.4, 0.5) is 0 Å². The maximum absolute atomic E-state index is 12.2. The Hall–Kier alpha value is -2.17. The first kappa shape index (κ1) is 22.8. The highest BCUT2D eigenvalue weighted by atomic mass is 35.5. The van der Waals surface area contributed by atoms with Gasteiger partial charge in [0.1, 0.15) is 6.04 Å². The Labute approximate surface area is 152 Å². The van der Waals surface area contributed by atoms with E-state index in [2.05, 4.69) is 20.6 Å². The summed E-state index contributed by atoms with van der Waals surface area (Å²) >= 11 is 0. The first-order valence-corrected chi connectivity index (χ1v) is 7.73. The molecule has 11 heteroatoms. The van der Waals surface area contributed by atoms with Crippen molar-refractivity contribution in [1.29, 1.82) is 0 Å². The molecule has 0 saturated heterocycles. The van der Waals surface area contributed by atoms with Gasteiger partial charge in [0.2, 0.25) is 17.7 Å². The molecule has 0 aliphatic carbocycles. The zero-order valence-electron chi connectivity index (χ0n) is 13.9. The number of hydrogen-bond acceptors (Lipinski definition) is 6. The molecule has 9 N–H and O–H groups in total. The molecule has 3 amide bonds. The van der Waals surface area contributed by atoms with Crippen LogP contribution in [-0.2, 0) is 20.8 Å². The second kappa shape index (κ2) is 12.2. The second-order valence-electron chi connectivity index (χ2n) is 5.42. The van der Waals surface area contributed by atoms with Crippen LogP contribution in [0.3, 0.4) is 0 Å². The number of carbonyl (C=O) groups excluding carboxylic acids is 3. The van der Waals surface area contributed by atoms with Crippen LogP contribution in [0.25, 0.3) is 0 Å². The van der Waals surface area contributed by atoms with Crippen LogP contribution >= 0.6 is 12.4 Å². The summed E-state index contributed by atoms with van der Waals surface area (Å²) in [7, 11) is 0. The molecule has 142 valence electrons. The maximum Gasteiger partial charge on any atom is 0.243 e. The van der Waals surface area contributed by atoms with Gasteiger partial charge in [0.05, 0.1) is 18.9 Å². The van der Waals surface area contributed by atoms with Gasteiger partial charge in [0, 0.05) is 18.3 Å². The molecule has 1 aromatic rings. The summed E-state index contributed by atoms with van der Waals surface area (Å²) in [6.45, 7) is 0.225. The monoisotopic (exact) mass is 375 g/mol. The van der Waals surface area contributed by atoms with Crippen molar-refractivity contribution < 1.29 is 14.4 Å². The van der Waals surface area contributed by atoms with E-state index in [4.69, 9.17) is 17.2 Å². The van der Waals surface area contributed by atoms with Crippen molar-refractivity contribution in [2.45, 2.75) is 37.8 Å². The molecule has 0 spiro atoms. The molecular weight excluding hydrogens is 350 g/mol. The van der Waals surface area contributed by atoms with Crippen molar-refractivity contribution in [3.05, 3.63) is 18.2 Å². The molecule has 0 bridgehead atoms. The SMILES string of the molecule is Cl.NCCCCC(N)C(=O)NC(Cc1cnc[nH]1)C(=O)NCC(N)=O. The molecular formula is C14H26ClN7O3. The lowest BCUT2D eigenvalue weighted by Gasteiger charge is -2.20. The second-order valence-corrected chi connectivity index (χ2v) is 5.42. The number of aromatic nitrogens is 2. The highest BCUT2D eigenvalue weighted by molar-refractivity contribution is 5.91. The lowest BCUT2D eigenvalue weighted by molar-refractivity contribution is -0.130. The average Bonchev–Trinajstić information content (AvgIpc) is 3.05. The van der Waals surface area contributed by atoms with Crippen molar-refractivity contribution in [3.8, 4) is 0 Å². The van der Waals surface area contributed by atoms with Crippen LogP contribution in [0.1, 0.15) is 25.0 Å². The van der Waals surface area contributed by atoms with Crippen molar-refractivity contribution in [3.63, 3.8) is 0 Å². The van der Waals surface area contributed by atoms with Gasteiger partial charge in [0.15, 0.2) is 0 Å². The van der Waals surface area contributed by atoms with Crippen LogP contribution in [0, 0.1) is 0 Å². The molecule has 2 atom stereocenters. The Kier molecular flexibility index (Phi) is 11.2. The van der Waals surface area contributed by atoms with Gasteiger partial charge in [-0.15, -0.1) is 12.4 Å². The Balaban J connectivity index is 0.00000576. The molecule has 0 aliphatic heterocycles. The predicted octanol–water partition coefficient (Wildman–Crippen LogP) is -2.08. The molecule has 1 rings (SSSR count). The molecule has 10 nitrogen and oxygen atoms in total. The number of rotatable bonds is 11. The van der Waals surface area contributed by atoms with E-state index < -0.39 is 29.8 Å². The summed E-state index contributed by atoms with van der Waals surface area (Å²) in [5, 5.41) is 4.97.